The lowest BCUT2D eigenvalue weighted by molar-refractivity contribution is 0.355. The Morgan fingerprint density at radius 3 is 2.75 bits per heavy atom. The molecule has 8 heteroatoms. The molecule has 0 radical (unpaired) electrons. The first-order valence-corrected chi connectivity index (χ1v) is 8.31. The van der Waals surface area contributed by atoms with Crippen LogP contribution in [0.1, 0.15) is 29.5 Å². The van der Waals surface area contributed by atoms with Crippen molar-refractivity contribution in [1.82, 2.24) is 4.98 Å². The standard InChI is InChI=1S/C16H20N4O2S.HI/c1-21-13-6-5-11(7-14(13)22-2)19-16(17)18-8-15-20-12(9-23-15)10-3-4-10;/h5-7,9-10H,3-4,8H2,1-2H3,(H3,17,18,19);1H. The van der Waals surface area contributed by atoms with Crippen molar-refractivity contribution in [2.24, 2.45) is 10.7 Å². The molecule has 0 aliphatic heterocycles. The zero-order valence-electron chi connectivity index (χ0n) is 13.6. The molecule has 1 fully saturated rings. The number of methoxy groups -OCH3 is 2. The fourth-order valence-electron chi connectivity index (χ4n) is 2.22. The Bertz CT molecular complexity index is 716. The van der Waals surface area contributed by atoms with Crippen LogP contribution in [-0.4, -0.2) is 25.2 Å². The molecule has 1 heterocycles. The van der Waals surface area contributed by atoms with Gasteiger partial charge < -0.3 is 20.5 Å². The molecule has 1 saturated carbocycles. The van der Waals surface area contributed by atoms with E-state index in [1.807, 2.05) is 18.2 Å². The summed E-state index contributed by atoms with van der Waals surface area (Å²) in [6.45, 7) is 0.490. The van der Waals surface area contributed by atoms with Gasteiger partial charge in [0.25, 0.3) is 0 Å². The van der Waals surface area contributed by atoms with Crippen LogP contribution >= 0.6 is 35.3 Å². The number of hydrogen-bond acceptors (Lipinski definition) is 5. The zero-order valence-corrected chi connectivity index (χ0v) is 16.8. The minimum atomic E-state index is 0. The van der Waals surface area contributed by atoms with Gasteiger partial charge in [-0.1, -0.05) is 0 Å². The summed E-state index contributed by atoms with van der Waals surface area (Å²) in [4.78, 5) is 8.93. The van der Waals surface area contributed by atoms with Gasteiger partial charge >= 0.3 is 0 Å². The highest BCUT2D eigenvalue weighted by atomic mass is 127. The molecule has 1 aliphatic carbocycles. The number of thiazole rings is 1. The third kappa shape index (κ3) is 4.73. The van der Waals surface area contributed by atoms with Gasteiger partial charge in [0.2, 0.25) is 0 Å². The van der Waals surface area contributed by atoms with Crippen LogP contribution in [0.25, 0.3) is 0 Å². The average Bonchev–Trinajstić information content (AvgIpc) is 3.31. The lowest BCUT2D eigenvalue weighted by Gasteiger charge is -2.10. The predicted molar refractivity (Wildman–Crippen MR) is 108 cm³/mol. The Balaban J connectivity index is 0.00000208. The van der Waals surface area contributed by atoms with Crippen molar-refractivity contribution in [2.75, 3.05) is 19.5 Å². The van der Waals surface area contributed by atoms with Crippen LogP contribution in [0.3, 0.4) is 0 Å². The van der Waals surface area contributed by atoms with Crippen LogP contribution in [0.4, 0.5) is 5.69 Å². The fraction of sp³-hybridized carbons (Fsp3) is 0.375. The third-order valence-electron chi connectivity index (χ3n) is 3.61. The molecule has 6 nitrogen and oxygen atoms in total. The minimum Gasteiger partial charge on any atom is -0.493 e. The van der Waals surface area contributed by atoms with Crippen LogP contribution in [-0.2, 0) is 6.54 Å². The highest BCUT2D eigenvalue weighted by molar-refractivity contribution is 14.0. The molecule has 3 rings (SSSR count). The summed E-state index contributed by atoms with van der Waals surface area (Å²) in [6, 6.07) is 5.49. The Hall–Kier alpha value is -1.55. The van der Waals surface area contributed by atoms with Gasteiger partial charge in [-0.3, -0.25) is 0 Å². The summed E-state index contributed by atoms with van der Waals surface area (Å²) in [6.07, 6.45) is 2.52. The molecule has 0 saturated heterocycles. The van der Waals surface area contributed by atoms with E-state index in [0.29, 0.717) is 29.9 Å². The number of nitrogens with one attached hydrogen (secondary N) is 1. The van der Waals surface area contributed by atoms with Crippen molar-refractivity contribution in [1.29, 1.82) is 0 Å². The molecule has 24 heavy (non-hydrogen) atoms. The van der Waals surface area contributed by atoms with Crippen molar-refractivity contribution >= 4 is 47.0 Å². The van der Waals surface area contributed by atoms with E-state index in [4.69, 9.17) is 15.2 Å². The van der Waals surface area contributed by atoms with Crippen LogP contribution in [0.2, 0.25) is 0 Å². The largest absolute Gasteiger partial charge is 0.493 e. The van der Waals surface area contributed by atoms with Crippen molar-refractivity contribution in [2.45, 2.75) is 25.3 Å². The maximum Gasteiger partial charge on any atom is 0.193 e. The summed E-state index contributed by atoms with van der Waals surface area (Å²) in [5.41, 5.74) is 7.93. The second-order valence-corrected chi connectivity index (χ2v) is 6.28. The SMILES string of the molecule is COc1ccc(NC(N)=NCc2nc(C3CC3)cs2)cc1OC.I. The molecular weight excluding hydrogens is 439 g/mol. The van der Waals surface area contributed by atoms with Crippen molar-refractivity contribution in [3.8, 4) is 11.5 Å². The van der Waals surface area contributed by atoms with Crippen LogP contribution in [0, 0.1) is 0 Å². The molecular formula is C16H21IN4O2S. The highest BCUT2D eigenvalue weighted by Gasteiger charge is 2.25. The minimum absolute atomic E-state index is 0. The average molecular weight is 460 g/mol. The number of nitrogens with two attached hydrogens (primary N) is 1. The van der Waals surface area contributed by atoms with Crippen LogP contribution in [0.5, 0.6) is 11.5 Å². The number of benzene rings is 1. The van der Waals surface area contributed by atoms with Crippen LogP contribution < -0.4 is 20.5 Å². The Labute approximate surface area is 162 Å². The molecule has 3 N–H and O–H groups in total. The first kappa shape index (κ1) is 18.8. The van der Waals surface area contributed by atoms with Gasteiger partial charge in [0, 0.05) is 23.1 Å². The molecule has 2 aromatic rings. The zero-order chi connectivity index (χ0) is 16.2. The quantitative estimate of drug-likeness (QED) is 0.391. The van der Waals surface area contributed by atoms with E-state index in [2.05, 4.69) is 20.7 Å². The van der Waals surface area contributed by atoms with Gasteiger partial charge in [-0.2, -0.15) is 0 Å². The van der Waals surface area contributed by atoms with E-state index >= 15 is 0 Å². The van der Waals surface area contributed by atoms with Gasteiger partial charge in [0.15, 0.2) is 17.5 Å². The number of anilines is 1. The maximum atomic E-state index is 5.94. The molecule has 0 spiro atoms. The molecule has 1 aromatic carbocycles. The number of nitrogens with zero attached hydrogens (tertiary/aromatic N) is 2. The number of rotatable bonds is 6. The number of ether oxygens (including phenoxy) is 2. The summed E-state index contributed by atoms with van der Waals surface area (Å²) in [7, 11) is 3.20. The molecule has 0 atom stereocenters. The molecule has 0 unspecified atom stereocenters. The van der Waals surface area contributed by atoms with Gasteiger partial charge in [0.1, 0.15) is 5.01 Å². The Morgan fingerprint density at radius 1 is 1.33 bits per heavy atom. The van der Waals surface area contributed by atoms with E-state index in [1.54, 1.807) is 25.6 Å². The monoisotopic (exact) mass is 460 g/mol. The third-order valence-corrected chi connectivity index (χ3v) is 4.46. The molecule has 0 amide bonds. The second kappa shape index (κ2) is 8.52. The predicted octanol–water partition coefficient (Wildman–Crippen LogP) is 3.58. The Kier molecular flexibility index (Phi) is 6.67. The fourth-order valence-corrected chi connectivity index (χ4v) is 3.02. The van der Waals surface area contributed by atoms with Crippen molar-refractivity contribution in [3.05, 3.63) is 34.3 Å². The van der Waals surface area contributed by atoms with E-state index in [-0.39, 0.29) is 24.0 Å². The summed E-state index contributed by atoms with van der Waals surface area (Å²) in [5.74, 6) is 2.33. The summed E-state index contributed by atoms with van der Waals surface area (Å²) in [5, 5.41) is 6.16. The molecule has 130 valence electrons. The van der Waals surface area contributed by atoms with Crippen molar-refractivity contribution < 1.29 is 9.47 Å². The Morgan fingerprint density at radius 2 is 2.08 bits per heavy atom. The maximum absolute atomic E-state index is 5.94. The molecule has 1 aliphatic rings. The molecule has 0 bridgehead atoms. The summed E-state index contributed by atoms with van der Waals surface area (Å²) >= 11 is 1.64. The number of aromatic nitrogens is 1. The van der Waals surface area contributed by atoms with Gasteiger partial charge in [-0.05, 0) is 25.0 Å². The smallest absolute Gasteiger partial charge is 0.193 e. The van der Waals surface area contributed by atoms with Gasteiger partial charge in [-0.25, -0.2) is 9.98 Å². The summed E-state index contributed by atoms with van der Waals surface area (Å²) < 4.78 is 10.5. The van der Waals surface area contributed by atoms with E-state index in [9.17, 15) is 0 Å². The van der Waals surface area contributed by atoms with Crippen molar-refractivity contribution in [3.63, 3.8) is 0 Å². The lowest BCUT2D eigenvalue weighted by atomic mass is 10.3. The van der Waals surface area contributed by atoms with E-state index in [0.717, 1.165) is 10.7 Å². The highest BCUT2D eigenvalue weighted by Crippen LogP contribution is 2.40. The van der Waals surface area contributed by atoms with E-state index < -0.39 is 0 Å². The normalized spacial score (nSPS) is 14.0. The first-order valence-electron chi connectivity index (χ1n) is 7.43. The van der Waals surface area contributed by atoms with Gasteiger partial charge in [0.05, 0.1) is 26.5 Å². The van der Waals surface area contributed by atoms with Crippen LogP contribution in [0.15, 0.2) is 28.6 Å². The van der Waals surface area contributed by atoms with Gasteiger partial charge in [-0.15, -0.1) is 35.3 Å². The number of aliphatic imine (C=N–C) groups is 1. The lowest BCUT2D eigenvalue weighted by Crippen LogP contribution is -2.22. The number of hydrogen-bond donors (Lipinski definition) is 2. The number of guanidine groups is 1. The first-order chi connectivity index (χ1) is 11.2. The second-order valence-electron chi connectivity index (χ2n) is 5.34. The van der Waals surface area contributed by atoms with E-state index in [1.165, 1.54) is 18.5 Å². The topological polar surface area (TPSA) is 81.8 Å². The molecule has 1 aromatic heterocycles. The number of halogens is 1.